The van der Waals surface area contributed by atoms with Crippen LogP contribution in [0.2, 0.25) is 10.0 Å². The van der Waals surface area contributed by atoms with Crippen LogP contribution in [0.15, 0.2) is 18.2 Å². The number of halogens is 2. The molecule has 7 heteroatoms. The molecule has 1 aromatic rings. The highest BCUT2D eigenvalue weighted by Gasteiger charge is 2.27. The number of ether oxygens (including phenoxy) is 1. The number of nitrogens with zero attached hydrogens (tertiary/aromatic N) is 1. The molecular formula is C15H17Cl2NO4. The van der Waals surface area contributed by atoms with Crippen LogP contribution in [0, 0.1) is 0 Å². The molecule has 1 fully saturated rings. The second kappa shape index (κ2) is 7.81. The van der Waals surface area contributed by atoms with Gasteiger partial charge in [0.2, 0.25) is 5.91 Å². The third kappa shape index (κ3) is 4.60. The third-order valence-corrected chi connectivity index (χ3v) is 4.20. The summed E-state index contributed by atoms with van der Waals surface area (Å²) in [4.78, 5) is 25.0. The van der Waals surface area contributed by atoms with Crippen molar-refractivity contribution in [3.63, 3.8) is 0 Å². The first-order chi connectivity index (χ1) is 10.5. The van der Waals surface area contributed by atoms with Crippen LogP contribution in [0.1, 0.15) is 18.4 Å². The number of amides is 1. The van der Waals surface area contributed by atoms with Crippen molar-refractivity contribution in [1.29, 1.82) is 0 Å². The highest BCUT2D eigenvalue weighted by Crippen LogP contribution is 2.23. The number of aliphatic carboxylic acids is 1. The maximum absolute atomic E-state index is 12.5. The van der Waals surface area contributed by atoms with Crippen LogP contribution in [0.3, 0.4) is 0 Å². The number of carbonyl (C=O) groups is 2. The monoisotopic (exact) mass is 345 g/mol. The Morgan fingerprint density at radius 3 is 2.55 bits per heavy atom. The normalized spacial score (nSPS) is 15.5. The molecule has 0 atom stereocenters. The Kier molecular flexibility index (Phi) is 6.06. The van der Waals surface area contributed by atoms with Gasteiger partial charge in [-0.15, -0.1) is 0 Å². The largest absolute Gasteiger partial charge is 0.480 e. The molecule has 2 rings (SSSR count). The van der Waals surface area contributed by atoms with Crippen molar-refractivity contribution in [2.45, 2.75) is 25.3 Å². The first-order valence-corrected chi connectivity index (χ1v) is 7.76. The summed E-state index contributed by atoms with van der Waals surface area (Å²) in [6.07, 6.45) is 1.35. The van der Waals surface area contributed by atoms with Crippen molar-refractivity contribution < 1.29 is 19.4 Å². The van der Waals surface area contributed by atoms with Gasteiger partial charge in [0.05, 0.1) is 6.42 Å². The fraction of sp³-hybridized carbons (Fsp3) is 0.467. The summed E-state index contributed by atoms with van der Waals surface area (Å²) in [6, 6.07) is 4.81. The Morgan fingerprint density at radius 2 is 1.95 bits per heavy atom. The molecule has 1 aliphatic heterocycles. The van der Waals surface area contributed by atoms with E-state index in [1.807, 2.05) is 0 Å². The van der Waals surface area contributed by atoms with E-state index < -0.39 is 5.97 Å². The predicted molar refractivity (Wildman–Crippen MR) is 83.4 cm³/mol. The van der Waals surface area contributed by atoms with Crippen LogP contribution in [-0.4, -0.2) is 47.7 Å². The van der Waals surface area contributed by atoms with Gasteiger partial charge in [-0.1, -0.05) is 29.3 Å². The summed E-state index contributed by atoms with van der Waals surface area (Å²) < 4.78 is 5.26. The van der Waals surface area contributed by atoms with Crippen LogP contribution in [0.4, 0.5) is 0 Å². The average molecular weight is 346 g/mol. The molecule has 0 radical (unpaired) electrons. The SMILES string of the molecule is O=C(O)CN(C(=O)Cc1ccc(Cl)cc1Cl)C1CCOCC1. The van der Waals surface area contributed by atoms with Gasteiger partial charge in [-0.05, 0) is 30.5 Å². The molecule has 0 aliphatic carbocycles. The Balaban J connectivity index is 2.12. The van der Waals surface area contributed by atoms with E-state index in [2.05, 4.69) is 0 Å². The minimum Gasteiger partial charge on any atom is -0.480 e. The van der Waals surface area contributed by atoms with Gasteiger partial charge in [0.15, 0.2) is 0 Å². The van der Waals surface area contributed by atoms with Gasteiger partial charge in [0, 0.05) is 29.3 Å². The lowest BCUT2D eigenvalue weighted by Gasteiger charge is -2.33. The molecule has 0 unspecified atom stereocenters. The van der Waals surface area contributed by atoms with E-state index in [9.17, 15) is 9.59 Å². The molecule has 22 heavy (non-hydrogen) atoms. The number of benzene rings is 1. The summed E-state index contributed by atoms with van der Waals surface area (Å²) >= 11 is 11.9. The Labute approximate surface area is 138 Å². The minimum atomic E-state index is -1.03. The van der Waals surface area contributed by atoms with Crippen LogP contribution in [0.5, 0.6) is 0 Å². The van der Waals surface area contributed by atoms with E-state index >= 15 is 0 Å². The highest BCUT2D eigenvalue weighted by atomic mass is 35.5. The van der Waals surface area contributed by atoms with Gasteiger partial charge in [0.1, 0.15) is 6.54 Å². The number of carbonyl (C=O) groups excluding carboxylic acids is 1. The molecule has 0 bridgehead atoms. The van der Waals surface area contributed by atoms with E-state index in [0.29, 0.717) is 41.7 Å². The number of carboxylic acid groups (broad SMARTS) is 1. The highest BCUT2D eigenvalue weighted by molar-refractivity contribution is 6.35. The molecule has 5 nitrogen and oxygen atoms in total. The lowest BCUT2D eigenvalue weighted by molar-refractivity contribution is -0.147. The Hall–Kier alpha value is -1.30. The minimum absolute atomic E-state index is 0.0562. The molecule has 1 N–H and O–H groups in total. The average Bonchev–Trinajstić information content (AvgIpc) is 2.48. The maximum Gasteiger partial charge on any atom is 0.323 e. The number of hydrogen-bond acceptors (Lipinski definition) is 3. The zero-order valence-electron chi connectivity index (χ0n) is 11.9. The first-order valence-electron chi connectivity index (χ1n) is 7.00. The standard InChI is InChI=1S/C15H17Cl2NO4/c16-11-2-1-10(13(17)8-11)7-14(19)18(9-15(20)21)12-3-5-22-6-4-12/h1-2,8,12H,3-7,9H2,(H,20,21). The smallest absolute Gasteiger partial charge is 0.323 e. The van der Waals surface area contributed by atoms with Crippen molar-refractivity contribution in [1.82, 2.24) is 4.90 Å². The number of rotatable bonds is 5. The van der Waals surface area contributed by atoms with Crippen LogP contribution in [0.25, 0.3) is 0 Å². The van der Waals surface area contributed by atoms with E-state index in [1.165, 1.54) is 4.90 Å². The van der Waals surface area contributed by atoms with Gasteiger partial charge < -0.3 is 14.7 Å². The second-order valence-corrected chi connectivity index (χ2v) is 6.02. The van der Waals surface area contributed by atoms with Crippen LogP contribution in [-0.2, 0) is 20.7 Å². The molecular weight excluding hydrogens is 329 g/mol. The maximum atomic E-state index is 12.5. The molecule has 0 saturated carbocycles. The molecule has 1 heterocycles. The van der Waals surface area contributed by atoms with Gasteiger partial charge >= 0.3 is 5.97 Å². The van der Waals surface area contributed by atoms with E-state index in [4.69, 9.17) is 33.0 Å². The van der Waals surface area contributed by atoms with Crippen molar-refractivity contribution >= 4 is 35.1 Å². The fourth-order valence-corrected chi connectivity index (χ4v) is 2.97. The Bertz CT molecular complexity index is 558. The molecule has 0 spiro atoms. The zero-order valence-corrected chi connectivity index (χ0v) is 13.4. The molecule has 1 amide bonds. The fourth-order valence-electron chi connectivity index (χ4n) is 2.49. The topological polar surface area (TPSA) is 66.8 Å². The van der Waals surface area contributed by atoms with Crippen molar-refractivity contribution in [3.8, 4) is 0 Å². The van der Waals surface area contributed by atoms with Crippen molar-refractivity contribution in [2.75, 3.05) is 19.8 Å². The van der Waals surface area contributed by atoms with E-state index in [-0.39, 0.29) is 24.9 Å². The summed E-state index contributed by atoms with van der Waals surface area (Å²) in [6.45, 7) is 0.764. The number of carboxylic acids is 1. The summed E-state index contributed by atoms with van der Waals surface area (Å²) in [7, 11) is 0. The Morgan fingerprint density at radius 1 is 1.27 bits per heavy atom. The third-order valence-electron chi connectivity index (χ3n) is 3.61. The van der Waals surface area contributed by atoms with Crippen LogP contribution < -0.4 is 0 Å². The lowest BCUT2D eigenvalue weighted by atomic mass is 10.0. The van der Waals surface area contributed by atoms with Crippen molar-refractivity contribution in [2.24, 2.45) is 0 Å². The summed E-state index contributed by atoms with van der Waals surface area (Å²) in [5, 5.41) is 9.95. The molecule has 1 saturated heterocycles. The molecule has 120 valence electrons. The van der Waals surface area contributed by atoms with Gasteiger partial charge in [-0.2, -0.15) is 0 Å². The number of hydrogen-bond donors (Lipinski definition) is 1. The summed E-state index contributed by atoms with van der Waals surface area (Å²) in [5.41, 5.74) is 0.638. The second-order valence-electron chi connectivity index (χ2n) is 5.17. The first kappa shape index (κ1) is 17.1. The lowest BCUT2D eigenvalue weighted by Crippen LogP contribution is -2.46. The van der Waals surface area contributed by atoms with E-state index in [1.54, 1.807) is 18.2 Å². The van der Waals surface area contributed by atoms with Crippen LogP contribution >= 0.6 is 23.2 Å². The zero-order chi connectivity index (χ0) is 16.1. The van der Waals surface area contributed by atoms with E-state index in [0.717, 1.165) is 0 Å². The molecule has 1 aliphatic rings. The van der Waals surface area contributed by atoms with Crippen molar-refractivity contribution in [3.05, 3.63) is 33.8 Å². The summed E-state index contributed by atoms with van der Waals surface area (Å²) in [5.74, 6) is -1.28. The van der Waals surface area contributed by atoms with Gasteiger partial charge in [-0.25, -0.2) is 0 Å². The van der Waals surface area contributed by atoms with Gasteiger partial charge in [0.25, 0.3) is 0 Å². The molecule has 0 aromatic heterocycles. The quantitative estimate of drug-likeness (QED) is 0.890. The van der Waals surface area contributed by atoms with Gasteiger partial charge in [-0.3, -0.25) is 9.59 Å². The molecule has 1 aromatic carbocycles. The predicted octanol–water partition coefficient (Wildman–Crippen LogP) is 2.63.